The smallest absolute Gasteiger partial charge is 0.243 e. The second-order valence-electron chi connectivity index (χ2n) is 6.10. The first-order valence-corrected chi connectivity index (χ1v) is 11.8. The van der Waals surface area contributed by atoms with Gasteiger partial charge >= 0.3 is 0 Å². The minimum atomic E-state index is -3.45. The number of aromatic nitrogens is 1. The lowest BCUT2D eigenvalue weighted by Crippen LogP contribution is -2.30. The molecule has 0 aliphatic carbocycles. The Labute approximate surface area is 171 Å². The number of rotatable bonds is 10. The van der Waals surface area contributed by atoms with Crippen LogP contribution in [-0.2, 0) is 21.2 Å². The Kier molecular flexibility index (Phi) is 8.47. The average molecular weight is 422 g/mol. The number of thioether (sulfide) groups is 1. The minimum Gasteiger partial charge on any atom is -0.325 e. The molecule has 1 aromatic heterocycles. The average Bonchev–Trinajstić information content (AvgIpc) is 2.69. The van der Waals surface area contributed by atoms with Gasteiger partial charge in [0.1, 0.15) is 0 Å². The first-order valence-electron chi connectivity index (χ1n) is 9.38. The van der Waals surface area contributed by atoms with Crippen molar-refractivity contribution in [2.75, 3.05) is 24.2 Å². The number of anilines is 1. The lowest BCUT2D eigenvalue weighted by Gasteiger charge is -2.18. The van der Waals surface area contributed by atoms with Crippen LogP contribution in [0.3, 0.4) is 0 Å². The molecule has 1 heterocycles. The van der Waals surface area contributed by atoms with Crippen LogP contribution in [0.1, 0.15) is 32.8 Å². The maximum absolute atomic E-state index is 12.5. The van der Waals surface area contributed by atoms with E-state index in [0.717, 1.165) is 16.3 Å². The molecule has 8 heteroatoms. The van der Waals surface area contributed by atoms with Gasteiger partial charge in [-0.05, 0) is 42.0 Å². The summed E-state index contributed by atoms with van der Waals surface area (Å²) in [5.41, 5.74) is 1.59. The SMILES string of the molecule is CCSc1ccc(NC(=O)CCc2ccc(S(=O)(=O)N(CC)CC)cc2)cn1. The molecule has 0 spiro atoms. The Morgan fingerprint density at radius 3 is 2.29 bits per heavy atom. The second-order valence-corrected chi connectivity index (χ2v) is 9.32. The van der Waals surface area contributed by atoms with E-state index in [1.165, 1.54) is 4.31 Å². The molecule has 152 valence electrons. The number of benzene rings is 1. The van der Waals surface area contributed by atoms with Crippen LogP contribution in [0.5, 0.6) is 0 Å². The van der Waals surface area contributed by atoms with E-state index in [-0.39, 0.29) is 10.8 Å². The summed E-state index contributed by atoms with van der Waals surface area (Å²) in [7, 11) is -3.45. The van der Waals surface area contributed by atoms with E-state index < -0.39 is 10.0 Å². The van der Waals surface area contributed by atoms with Crippen molar-refractivity contribution in [2.45, 2.75) is 43.5 Å². The van der Waals surface area contributed by atoms with Gasteiger partial charge in [0.25, 0.3) is 0 Å². The molecule has 1 N–H and O–H groups in total. The van der Waals surface area contributed by atoms with Crippen LogP contribution in [-0.4, -0.2) is 42.5 Å². The van der Waals surface area contributed by atoms with Crippen LogP contribution in [0.4, 0.5) is 5.69 Å². The normalized spacial score (nSPS) is 11.6. The van der Waals surface area contributed by atoms with Gasteiger partial charge in [-0.3, -0.25) is 4.79 Å². The first-order chi connectivity index (χ1) is 13.4. The molecule has 0 saturated carbocycles. The third-order valence-electron chi connectivity index (χ3n) is 4.22. The van der Waals surface area contributed by atoms with Gasteiger partial charge in [-0.2, -0.15) is 4.31 Å². The van der Waals surface area contributed by atoms with Gasteiger partial charge in [0.15, 0.2) is 0 Å². The highest BCUT2D eigenvalue weighted by Gasteiger charge is 2.21. The van der Waals surface area contributed by atoms with E-state index in [0.29, 0.717) is 31.6 Å². The third kappa shape index (κ3) is 6.05. The van der Waals surface area contributed by atoms with Crippen molar-refractivity contribution in [1.29, 1.82) is 0 Å². The molecule has 0 saturated heterocycles. The second kappa shape index (κ2) is 10.6. The highest BCUT2D eigenvalue weighted by molar-refractivity contribution is 7.99. The maximum atomic E-state index is 12.5. The van der Waals surface area contributed by atoms with Gasteiger partial charge in [0, 0.05) is 19.5 Å². The summed E-state index contributed by atoms with van der Waals surface area (Å²) in [4.78, 5) is 16.7. The number of aryl methyl sites for hydroxylation is 1. The predicted octanol–water partition coefficient (Wildman–Crippen LogP) is 3.80. The van der Waals surface area contributed by atoms with Crippen LogP contribution in [0.25, 0.3) is 0 Å². The molecular weight excluding hydrogens is 394 g/mol. The topological polar surface area (TPSA) is 79.4 Å². The van der Waals surface area contributed by atoms with E-state index >= 15 is 0 Å². The van der Waals surface area contributed by atoms with Crippen molar-refractivity contribution in [2.24, 2.45) is 0 Å². The number of nitrogens with one attached hydrogen (secondary N) is 1. The zero-order valence-corrected chi connectivity index (χ0v) is 18.1. The number of pyridine rings is 1. The van der Waals surface area contributed by atoms with Crippen molar-refractivity contribution in [3.63, 3.8) is 0 Å². The quantitative estimate of drug-likeness (QED) is 0.590. The largest absolute Gasteiger partial charge is 0.325 e. The zero-order chi connectivity index (χ0) is 20.6. The zero-order valence-electron chi connectivity index (χ0n) is 16.5. The number of amides is 1. The van der Waals surface area contributed by atoms with E-state index in [4.69, 9.17) is 0 Å². The van der Waals surface area contributed by atoms with Crippen LogP contribution >= 0.6 is 11.8 Å². The third-order valence-corrected chi connectivity index (χ3v) is 7.11. The van der Waals surface area contributed by atoms with Crippen LogP contribution in [0, 0.1) is 0 Å². The first kappa shape index (κ1) is 22.4. The Morgan fingerprint density at radius 1 is 1.07 bits per heavy atom. The summed E-state index contributed by atoms with van der Waals surface area (Å²) in [6, 6.07) is 10.5. The molecule has 0 unspecified atom stereocenters. The van der Waals surface area contributed by atoms with Crippen molar-refractivity contribution in [3.05, 3.63) is 48.2 Å². The van der Waals surface area contributed by atoms with Crippen molar-refractivity contribution in [3.8, 4) is 0 Å². The molecular formula is C20H27N3O3S2. The van der Waals surface area contributed by atoms with E-state index in [1.54, 1.807) is 42.2 Å². The van der Waals surface area contributed by atoms with Gasteiger partial charge in [-0.25, -0.2) is 13.4 Å². The van der Waals surface area contributed by atoms with Crippen LogP contribution in [0.15, 0.2) is 52.5 Å². The van der Waals surface area contributed by atoms with E-state index in [9.17, 15) is 13.2 Å². The molecule has 0 atom stereocenters. The van der Waals surface area contributed by atoms with Gasteiger partial charge in [-0.15, -0.1) is 11.8 Å². The minimum absolute atomic E-state index is 0.0995. The van der Waals surface area contributed by atoms with Crippen LogP contribution in [0.2, 0.25) is 0 Å². The van der Waals surface area contributed by atoms with Crippen molar-refractivity contribution >= 4 is 33.4 Å². The number of carbonyl (C=O) groups is 1. The summed E-state index contributed by atoms with van der Waals surface area (Å²) in [5.74, 6) is 0.853. The Balaban J connectivity index is 1.91. The molecule has 2 rings (SSSR count). The maximum Gasteiger partial charge on any atom is 0.243 e. The number of sulfonamides is 1. The fourth-order valence-electron chi connectivity index (χ4n) is 2.71. The van der Waals surface area contributed by atoms with Gasteiger partial charge in [0.2, 0.25) is 15.9 Å². The van der Waals surface area contributed by atoms with Crippen molar-refractivity contribution < 1.29 is 13.2 Å². The van der Waals surface area contributed by atoms with Gasteiger partial charge in [0.05, 0.1) is 21.8 Å². The number of hydrogen-bond donors (Lipinski definition) is 1. The number of hydrogen-bond acceptors (Lipinski definition) is 5. The summed E-state index contributed by atoms with van der Waals surface area (Å²) in [6.07, 6.45) is 2.50. The van der Waals surface area contributed by atoms with E-state index in [2.05, 4.69) is 17.2 Å². The molecule has 28 heavy (non-hydrogen) atoms. The molecule has 1 aromatic carbocycles. The Morgan fingerprint density at radius 2 is 1.75 bits per heavy atom. The molecule has 0 bridgehead atoms. The highest BCUT2D eigenvalue weighted by atomic mass is 32.2. The molecule has 0 fully saturated rings. The van der Waals surface area contributed by atoms with Crippen molar-refractivity contribution in [1.82, 2.24) is 9.29 Å². The lowest BCUT2D eigenvalue weighted by atomic mass is 10.1. The predicted molar refractivity (Wildman–Crippen MR) is 114 cm³/mol. The van der Waals surface area contributed by atoms with E-state index in [1.807, 2.05) is 26.0 Å². The standard InChI is InChI=1S/C20H27N3O3S2/c1-4-23(5-2)28(25,26)18-11-7-16(8-12-18)9-13-19(24)22-17-10-14-20(21-15-17)27-6-3/h7-8,10-12,14-15H,4-6,9,13H2,1-3H3,(H,22,24). The van der Waals surface area contributed by atoms with Gasteiger partial charge in [-0.1, -0.05) is 32.9 Å². The summed E-state index contributed by atoms with van der Waals surface area (Å²) < 4.78 is 26.4. The van der Waals surface area contributed by atoms with Gasteiger partial charge < -0.3 is 5.32 Å². The highest BCUT2D eigenvalue weighted by Crippen LogP contribution is 2.18. The molecule has 1 amide bonds. The molecule has 2 aromatic rings. The number of carbonyl (C=O) groups excluding carboxylic acids is 1. The molecule has 0 aliphatic heterocycles. The monoisotopic (exact) mass is 421 g/mol. The fourth-order valence-corrected chi connectivity index (χ4v) is 4.75. The Bertz CT molecular complexity index is 863. The summed E-state index contributed by atoms with van der Waals surface area (Å²) in [6.45, 7) is 6.58. The fraction of sp³-hybridized carbons (Fsp3) is 0.400. The summed E-state index contributed by atoms with van der Waals surface area (Å²) in [5, 5.41) is 3.76. The molecule has 0 radical (unpaired) electrons. The Hall–Kier alpha value is -1.90. The number of nitrogens with zero attached hydrogens (tertiary/aromatic N) is 2. The lowest BCUT2D eigenvalue weighted by molar-refractivity contribution is -0.116. The van der Waals surface area contributed by atoms with Crippen LogP contribution < -0.4 is 5.32 Å². The summed E-state index contributed by atoms with van der Waals surface area (Å²) >= 11 is 1.65. The molecule has 6 nitrogen and oxygen atoms in total. The molecule has 0 aliphatic rings.